The Morgan fingerprint density at radius 3 is 2.64 bits per heavy atom. The molecule has 0 spiro atoms. The lowest BCUT2D eigenvalue weighted by Crippen LogP contribution is -2.51. The molecule has 1 aromatic rings. The molecule has 4 aliphatic rings. The minimum absolute atomic E-state index is 0.0532. The summed E-state index contributed by atoms with van der Waals surface area (Å²) < 4.78 is 0. The third-order valence-corrected chi connectivity index (χ3v) is 10.4. The number of rotatable bonds is 9. The third-order valence-electron chi connectivity index (χ3n) is 9.31. The van der Waals surface area contributed by atoms with Gasteiger partial charge in [0, 0.05) is 58.1 Å². The van der Waals surface area contributed by atoms with Crippen molar-refractivity contribution in [2.45, 2.75) is 98.1 Å². The first-order chi connectivity index (χ1) is 18.7. The Balaban J connectivity index is 1.26. The molecule has 1 aromatic heterocycles. The maximum absolute atomic E-state index is 13.1. The average molecular weight is 549 g/mol. The van der Waals surface area contributed by atoms with Crippen LogP contribution in [0, 0.1) is 23.7 Å². The largest absolute Gasteiger partial charge is 0.371 e. The van der Waals surface area contributed by atoms with Crippen LogP contribution in [-0.4, -0.2) is 40.6 Å². The van der Waals surface area contributed by atoms with Gasteiger partial charge in [-0.2, -0.15) is 10.2 Å². The Morgan fingerprint density at radius 1 is 1.21 bits per heavy atom. The Bertz CT molecular complexity index is 1220. The molecule has 3 fully saturated rings. The van der Waals surface area contributed by atoms with Crippen LogP contribution in [-0.2, 0) is 4.79 Å². The molecule has 7 heteroatoms. The Labute approximate surface area is 237 Å². The third kappa shape index (κ3) is 5.98. The van der Waals surface area contributed by atoms with E-state index in [4.69, 9.17) is 0 Å². The number of Topliss-reactive ketones (excluding diaryl/α,β-unsaturated/α-hetero) is 1. The van der Waals surface area contributed by atoms with Gasteiger partial charge in [0.15, 0.2) is 5.78 Å². The van der Waals surface area contributed by atoms with Crippen LogP contribution in [0.25, 0.3) is 0 Å². The Morgan fingerprint density at radius 2 is 1.97 bits per heavy atom. The van der Waals surface area contributed by atoms with E-state index in [-0.39, 0.29) is 23.7 Å². The highest BCUT2D eigenvalue weighted by molar-refractivity contribution is 7.10. The fraction of sp³-hybridized carbons (Fsp3) is 0.625. The zero-order chi connectivity index (χ0) is 27.7. The topological polar surface area (TPSA) is 74.1 Å². The van der Waals surface area contributed by atoms with Crippen LogP contribution in [0.4, 0.5) is 0 Å². The molecular formula is C32H44N4O2S. The van der Waals surface area contributed by atoms with Gasteiger partial charge >= 0.3 is 0 Å². The summed E-state index contributed by atoms with van der Waals surface area (Å²) in [6.07, 6.45) is 13.2. The number of thiophene rings is 1. The molecule has 3 unspecified atom stereocenters. The van der Waals surface area contributed by atoms with E-state index in [9.17, 15) is 9.59 Å². The molecule has 2 aliphatic heterocycles. The number of nitrogens with one attached hydrogen (secondary N) is 1. The summed E-state index contributed by atoms with van der Waals surface area (Å²) in [6.45, 7) is 11.2. The number of carbonyl (C=O) groups excluding carboxylic acids is 2. The monoisotopic (exact) mass is 548 g/mol. The smallest absolute Gasteiger partial charge is 0.223 e. The molecule has 0 bridgehead atoms. The molecular weight excluding hydrogens is 504 g/mol. The second-order valence-electron chi connectivity index (χ2n) is 12.2. The minimum atomic E-state index is -0.0532. The normalized spacial score (nSPS) is 27.9. The van der Waals surface area contributed by atoms with Crippen LogP contribution in [0.15, 0.2) is 45.1 Å². The minimum Gasteiger partial charge on any atom is -0.371 e. The molecule has 210 valence electrons. The van der Waals surface area contributed by atoms with E-state index < -0.39 is 0 Å². The molecule has 2 aliphatic carbocycles. The standard InChI is InChI=1S/C32H44N4O2S/c1-6-29-26-14-22(13-24-16-28(19(2)3)35-34-20(24)4)15-30(26)36(29)12-11-27(31-17-25(18-39-31)21(5)37)33-32(38)23-9-7-8-10-23/h6,13,17-19,22-23,26-27,30H,7-12,14-16H2,1-5H3,(H,33,38)/b24-13-,29-6+/t22?,26?,27-,30?/m0/s1. The lowest BCUT2D eigenvalue weighted by atomic mass is 9.86. The van der Waals surface area contributed by atoms with Gasteiger partial charge in [0.2, 0.25) is 5.91 Å². The van der Waals surface area contributed by atoms with Gasteiger partial charge in [-0.15, -0.1) is 11.3 Å². The van der Waals surface area contributed by atoms with E-state index in [1.54, 1.807) is 18.3 Å². The molecule has 6 nitrogen and oxygen atoms in total. The summed E-state index contributed by atoms with van der Waals surface area (Å²) in [4.78, 5) is 28.7. The molecule has 5 rings (SSSR count). The van der Waals surface area contributed by atoms with Crippen molar-refractivity contribution < 1.29 is 9.59 Å². The van der Waals surface area contributed by atoms with E-state index >= 15 is 0 Å². The van der Waals surface area contributed by atoms with Gasteiger partial charge in [0.25, 0.3) is 0 Å². The predicted octanol–water partition coefficient (Wildman–Crippen LogP) is 7.11. The van der Waals surface area contributed by atoms with Crippen molar-refractivity contribution in [3.05, 3.63) is 45.3 Å². The van der Waals surface area contributed by atoms with Gasteiger partial charge in [-0.3, -0.25) is 9.59 Å². The summed E-state index contributed by atoms with van der Waals surface area (Å²) in [7, 11) is 0. The molecule has 0 aromatic carbocycles. The zero-order valence-corrected chi connectivity index (χ0v) is 25.0. The number of fused-ring (bicyclic) bond motifs is 1. The van der Waals surface area contributed by atoms with Crippen LogP contribution in [0.5, 0.6) is 0 Å². The number of carbonyl (C=O) groups is 2. The van der Waals surface area contributed by atoms with Crippen molar-refractivity contribution >= 4 is 34.5 Å². The molecule has 1 saturated heterocycles. The summed E-state index contributed by atoms with van der Waals surface area (Å²) in [5.74, 6) is 2.00. The number of nitrogens with zero attached hydrogens (tertiary/aromatic N) is 3. The van der Waals surface area contributed by atoms with Crippen molar-refractivity contribution in [2.75, 3.05) is 6.54 Å². The second-order valence-corrected chi connectivity index (χ2v) is 13.2. The summed E-state index contributed by atoms with van der Waals surface area (Å²) in [5.41, 5.74) is 5.78. The molecule has 3 heterocycles. The molecule has 1 amide bonds. The van der Waals surface area contributed by atoms with Gasteiger partial charge in [-0.05, 0) is 76.4 Å². The first kappa shape index (κ1) is 28.0. The van der Waals surface area contributed by atoms with E-state index in [1.807, 2.05) is 11.4 Å². The maximum atomic E-state index is 13.1. The van der Waals surface area contributed by atoms with Crippen molar-refractivity contribution in [1.29, 1.82) is 0 Å². The summed E-state index contributed by atoms with van der Waals surface area (Å²) in [6, 6.07) is 2.49. The second kappa shape index (κ2) is 11.9. The van der Waals surface area contributed by atoms with Gasteiger partial charge < -0.3 is 10.2 Å². The molecule has 4 atom stereocenters. The number of ketones is 1. The fourth-order valence-corrected chi connectivity index (χ4v) is 7.98. The molecule has 0 radical (unpaired) electrons. The number of likely N-dealkylation sites (tertiary alicyclic amines) is 1. The predicted molar refractivity (Wildman–Crippen MR) is 160 cm³/mol. The van der Waals surface area contributed by atoms with Gasteiger partial charge in [0.05, 0.1) is 11.8 Å². The highest BCUT2D eigenvalue weighted by Gasteiger charge is 2.48. The highest BCUT2D eigenvalue weighted by atomic mass is 32.1. The lowest BCUT2D eigenvalue weighted by molar-refractivity contribution is -0.125. The first-order valence-electron chi connectivity index (χ1n) is 14.9. The zero-order valence-electron chi connectivity index (χ0n) is 24.2. The van der Waals surface area contributed by atoms with Crippen LogP contribution in [0.1, 0.15) is 107 Å². The Hall–Kier alpha value is -2.54. The van der Waals surface area contributed by atoms with Crippen LogP contribution >= 0.6 is 11.3 Å². The van der Waals surface area contributed by atoms with Crippen molar-refractivity contribution in [3.63, 3.8) is 0 Å². The number of hydrogen-bond donors (Lipinski definition) is 1. The van der Waals surface area contributed by atoms with Crippen molar-refractivity contribution in [2.24, 2.45) is 33.9 Å². The van der Waals surface area contributed by atoms with Gasteiger partial charge in [0.1, 0.15) is 0 Å². The van der Waals surface area contributed by atoms with Gasteiger partial charge in [-0.25, -0.2) is 0 Å². The van der Waals surface area contributed by atoms with E-state index in [0.29, 0.717) is 23.8 Å². The van der Waals surface area contributed by atoms with Crippen molar-refractivity contribution in [1.82, 2.24) is 10.2 Å². The highest BCUT2D eigenvalue weighted by Crippen LogP contribution is 2.50. The van der Waals surface area contributed by atoms with E-state index in [2.05, 4.69) is 60.3 Å². The number of allylic oxidation sites excluding steroid dienone is 3. The van der Waals surface area contributed by atoms with Crippen molar-refractivity contribution in [3.8, 4) is 0 Å². The van der Waals surface area contributed by atoms with Crippen LogP contribution in [0.2, 0.25) is 0 Å². The van der Waals surface area contributed by atoms with Crippen LogP contribution in [0.3, 0.4) is 0 Å². The number of amides is 1. The van der Waals surface area contributed by atoms with Gasteiger partial charge in [-0.1, -0.05) is 38.8 Å². The first-order valence-corrected chi connectivity index (χ1v) is 15.8. The molecule has 2 saturated carbocycles. The fourth-order valence-electron chi connectivity index (χ4n) is 6.95. The van der Waals surface area contributed by atoms with Crippen LogP contribution < -0.4 is 5.32 Å². The average Bonchev–Trinajstić information content (AvgIpc) is 3.66. The summed E-state index contributed by atoms with van der Waals surface area (Å²) >= 11 is 1.60. The quantitative estimate of drug-likeness (QED) is 0.334. The summed E-state index contributed by atoms with van der Waals surface area (Å²) in [5, 5.41) is 14.2. The molecule has 1 N–H and O–H groups in total. The Kier molecular flexibility index (Phi) is 8.55. The number of hydrogen-bond acceptors (Lipinski definition) is 6. The lowest BCUT2D eigenvalue weighted by Gasteiger charge is -2.49. The molecule has 39 heavy (non-hydrogen) atoms. The SMILES string of the molecule is C/C=C1\C2CC(/C=C3/CC(C(C)C)=NN=C3C)CC2N1CC[C@H](NC(=O)C1CCCC1)c1cc(C(C)=O)cs1. The van der Waals surface area contributed by atoms with E-state index in [0.717, 1.165) is 61.2 Å². The maximum Gasteiger partial charge on any atom is 0.223 e. The van der Waals surface area contributed by atoms with E-state index in [1.165, 1.54) is 29.8 Å².